The van der Waals surface area contributed by atoms with Crippen molar-refractivity contribution in [2.75, 3.05) is 13.7 Å². The highest BCUT2D eigenvalue weighted by Crippen LogP contribution is 2.23. The van der Waals surface area contributed by atoms with E-state index in [9.17, 15) is 0 Å². The number of rotatable bonds is 10. The summed E-state index contributed by atoms with van der Waals surface area (Å²) in [6, 6.07) is 10.3. The van der Waals surface area contributed by atoms with Crippen LogP contribution in [-0.2, 0) is 20.8 Å². The molecule has 24 heavy (non-hydrogen) atoms. The van der Waals surface area contributed by atoms with Gasteiger partial charge in [-0.1, -0.05) is 55.5 Å². The van der Waals surface area contributed by atoms with E-state index in [0.717, 1.165) is 19.3 Å². The van der Waals surface area contributed by atoms with Gasteiger partial charge in [-0.05, 0) is 18.4 Å². The maximum atomic E-state index is 6.10. The predicted molar refractivity (Wildman–Crippen MR) is 97.9 cm³/mol. The third-order valence-corrected chi connectivity index (χ3v) is 4.44. The monoisotopic (exact) mass is 330 g/mol. The van der Waals surface area contributed by atoms with E-state index in [1.54, 1.807) is 7.11 Å². The van der Waals surface area contributed by atoms with Gasteiger partial charge in [0.2, 0.25) is 0 Å². The summed E-state index contributed by atoms with van der Waals surface area (Å²) in [7, 11) is 1.78. The van der Waals surface area contributed by atoms with Crippen LogP contribution in [0.3, 0.4) is 0 Å². The van der Waals surface area contributed by atoms with Gasteiger partial charge >= 0.3 is 0 Å². The minimum Gasteiger partial charge on any atom is -0.381 e. The number of ether oxygens (including phenoxy) is 3. The van der Waals surface area contributed by atoms with Crippen molar-refractivity contribution in [2.45, 2.75) is 51.1 Å². The zero-order chi connectivity index (χ0) is 17.2. The summed E-state index contributed by atoms with van der Waals surface area (Å²) in [5.74, 6) is 0.325. The Labute approximate surface area is 146 Å². The molecule has 4 atom stereocenters. The number of hydrogen-bond acceptors (Lipinski definition) is 3. The van der Waals surface area contributed by atoms with Gasteiger partial charge in [0.05, 0.1) is 31.5 Å². The van der Waals surface area contributed by atoms with E-state index in [0.29, 0.717) is 19.1 Å². The van der Waals surface area contributed by atoms with Crippen LogP contribution in [0.25, 0.3) is 0 Å². The lowest BCUT2D eigenvalue weighted by Crippen LogP contribution is -2.33. The molecule has 3 nitrogen and oxygen atoms in total. The molecule has 3 heteroatoms. The highest BCUT2D eigenvalue weighted by molar-refractivity contribution is 5.13. The standard InChI is InChI=1S/C21H30O3/c1-4-9-19-12-8-13-20(24-19)14-21(22-3)17(2)15-23-16-18-10-6-5-7-11-18/h4-8,10-12,17,19-21H,1,9,13-16H2,2-3H3/t17-,19+,20-,21-/m0/s1. The first kappa shape index (κ1) is 18.9. The summed E-state index contributed by atoms with van der Waals surface area (Å²) in [6.07, 6.45) is 9.46. The van der Waals surface area contributed by atoms with Gasteiger partial charge in [-0.2, -0.15) is 0 Å². The molecule has 0 amide bonds. The Bertz CT molecular complexity index is 497. The van der Waals surface area contributed by atoms with Crippen molar-refractivity contribution in [3.63, 3.8) is 0 Å². The molecule has 1 aliphatic heterocycles. The van der Waals surface area contributed by atoms with Crippen LogP contribution >= 0.6 is 0 Å². The van der Waals surface area contributed by atoms with Crippen LogP contribution in [0.4, 0.5) is 0 Å². The van der Waals surface area contributed by atoms with Crippen LogP contribution < -0.4 is 0 Å². The number of benzene rings is 1. The lowest BCUT2D eigenvalue weighted by molar-refractivity contribution is -0.0553. The molecule has 2 rings (SSSR count). The van der Waals surface area contributed by atoms with Crippen molar-refractivity contribution in [3.8, 4) is 0 Å². The summed E-state index contributed by atoms with van der Waals surface area (Å²) < 4.78 is 17.7. The van der Waals surface area contributed by atoms with E-state index in [1.165, 1.54) is 5.56 Å². The van der Waals surface area contributed by atoms with Crippen LogP contribution in [0.2, 0.25) is 0 Å². The molecule has 0 unspecified atom stereocenters. The molecule has 0 N–H and O–H groups in total. The zero-order valence-corrected chi connectivity index (χ0v) is 14.9. The Kier molecular flexibility index (Phi) is 8.23. The Balaban J connectivity index is 1.75. The fourth-order valence-electron chi connectivity index (χ4n) is 3.04. The SMILES string of the molecule is C=CC[C@@H]1C=CC[C@@H](C[C@H](OC)[C@@H](C)COCc2ccccc2)O1. The molecule has 0 saturated heterocycles. The topological polar surface area (TPSA) is 27.7 Å². The summed E-state index contributed by atoms with van der Waals surface area (Å²) in [6.45, 7) is 7.30. The Morgan fingerprint density at radius 3 is 2.83 bits per heavy atom. The normalized spacial score (nSPS) is 22.9. The van der Waals surface area contributed by atoms with E-state index >= 15 is 0 Å². The van der Waals surface area contributed by atoms with Crippen molar-refractivity contribution in [3.05, 3.63) is 60.7 Å². The van der Waals surface area contributed by atoms with Crippen LogP contribution in [0.15, 0.2) is 55.1 Å². The smallest absolute Gasteiger partial charge is 0.0794 e. The van der Waals surface area contributed by atoms with Gasteiger partial charge in [0, 0.05) is 19.4 Å². The average Bonchev–Trinajstić information content (AvgIpc) is 2.61. The lowest BCUT2D eigenvalue weighted by Gasteiger charge is -2.30. The van der Waals surface area contributed by atoms with Gasteiger partial charge in [0.1, 0.15) is 0 Å². The number of methoxy groups -OCH3 is 1. The lowest BCUT2D eigenvalue weighted by atomic mass is 9.96. The van der Waals surface area contributed by atoms with E-state index in [2.05, 4.69) is 37.8 Å². The highest BCUT2D eigenvalue weighted by atomic mass is 16.5. The van der Waals surface area contributed by atoms with Crippen LogP contribution in [0, 0.1) is 5.92 Å². The van der Waals surface area contributed by atoms with Gasteiger partial charge in [-0.3, -0.25) is 0 Å². The largest absolute Gasteiger partial charge is 0.381 e. The molecular weight excluding hydrogens is 300 g/mol. The molecule has 0 bridgehead atoms. The summed E-state index contributed by atoms with van der Waals surface area (Å²) in [5.41, 5.74) is 1.20. The van der Waals surface area contributed by atoms with Gasteiger partial charge in [-0.25, -0.2) is 0 Å². The second kappa shape index (κ2) is 10.4. The minimum atomic E-state index is 0.140. The first-order valence-corrected chi connectivity index (χ1v) is 8.80. The van der Waals surface area contributed by atoms with E-state index in [4.69, 9.17) is 14.2 Å². The van der Waals surface area contributed by atoms with Gasteiger partial charge in [-0.15, -0.1) is 6.58 Å². The van der Waals surface area contributed by atoms with Crippen molar-refractivity contribution in [1.29, 1.82) is 0 Å². The Hall–Kier alpha value is -1.42. The van der Waals surface area contributed by atoms with Gasteiger partial charge < -0.3 is 14.2 Å². The third kappa shape index (κ3) is 6.23. The maximum absolute atomic E-state index is 6.10. The van der Waals surface area contributed by atoms with Crippen LogP contribution in [-0.4, -0.2) is 32.0 Å². The summed E-state index contributed by atoms with van der Waals surface area (Å²) >= 11 is 0. The first-order chi connectivity index (χ1) is 11.7. The molecule has 1 aromatic carbocycles. The third-order valence-electron chi connectivity index (χ3n) is 4.44. The molecule has 1 heterocycles. The Morgan fingerprint density at radius 1 is 1.33 bits per heavy atom. The molecule has 0 radical (unpaired) electrons. The second-order valence-corrected chi connectivity index (χ2v) is 6.47. The quantitative estimate of drug-likeness (QED) is 0.590. The minimum absolute atomic E-state index is 0.140. The van der Waals surface area contributed by atoms with Crippen LogP contribution in [0.1, 0.15) is 31.7 Å². The van der Waals surface area contributed by atoms with Crippen molar-refractivity contribution in [2.24, 2.45) is 5.92 Å². The molecular formula is C21H30O3. The van der Waals surface area contributed by atoms with E-state index in [1.807, 2.05) is 24.3 Å². The molecule has 1 aliphatic rings. The summed E-state index contributed by atoms with van der Waals surface area (Å²) in [5, 5.41) is 0. The fourth-order valence-corrected chi connectivity index (χ4v) is 3.04. The number of hydrogen-bond donors (Lipinski definition) is 0. The maximum Gasteiger partial charge on any atom is 0.0794 e. The second-order valence-electron chi connectivity index (χ2n) is 6.47. The first-order valence-electron chi connectivity index (χ1n) is 8.80. The zero-order valence-electron chi connectivity index (χ0n) is 14.9. The molecule has 0 saturated carbocycles. The molecule has 132 valence electrons. The predicted octanol–water partition coefficient (Wildman–Crippen LogP) is 4.53. The van der Waals surface area contributed by atoms with Gasteiger partial charge in [0.15, 0.2) is 0 Å². The van der Waals surface area contributed by atoms with Crippen molar-refractivity contribution < 1.29 is 14.2 Å². The van der Waals surface area contributed by atoms with E-state index in [-0.39, 0.29) is 18.3 Å². The average molecular weight is 330 g/mol. The van der Waals surface area contributed by atoms with Crippen LogP contribution in [0.5, 0.6) is 0 Å². The molecule has 0 aliphatic carbocycles. The summed E-state index contributed by atoms with van der Waals surface area (Å²) in [4.78, 5) is 0. The molecule has 0 fully saturated rings. The van der Waals surface area contributed by atoms with Crippen molar-refractivity contribution in [1.82, 2.24) is 0 Å². The molecule has 1 aromatic rings. The molecule has 0 spiro atoms. The highest BCUT2D eigenvalue weighted by Gasteiger charge is 2.25. The fraction of sp³-hybridized carbons (Fsp3) is 0.524. The Morgan fingerprint density at radius 2 is 2.12 bits per heavy atom. The van der Waals surface area contributed by atoms with Crippen molar-refractivity contribution >= 4 is 0 Å². The van der Waals surface area contributed by atoms with E-state index < -0.39 is 0 Å². The van der Waals surface area contributed by atoms with Gasteiger partial charge in [0.25, 0.3) is 0 Å². The molecule has 0 aromatic heterocycles.